The number of amides is 1. The van der Waals surface area contributed by atoms with Crippen molar-refractivity contribution in [2.24, 2.45) is 0 Å². The summed E-state index contributed by atoms with van der Waals surface area (Å²) in [6.45, 7) is 4.84. The summed E-state index contributed by atoms with van der Waals surface area (Å²) in [6, 6.07) is 4.02. The number of benzene rings is 1. The van der Waals surface area contributed by atoms with E-state index in [2.05, 4.69) is 23.1 Å². The van der Waals surface area contributed by atoms with Crippen molar-refractivity contribution in [2.45, 2.75) is 33.1 Å². The number of rotatable bonds is 8. The Balaban J connectivity index is 2.60. The molecule has 1 rings (SSSR count). The van der Waals surface area contributed by atoms with Crippen molar-refractivity contribution in [1.29, 1.82) is 0 Å². The van der Waals surface area contributed by atoms with E-state index in [4.69, 9.17) is 17.0 Å². The molecule has 132 valence electrons. The van der Waals surface area contributed by atoms with Crippen LogP contribution >= 0.6 is 12.2 Å². The Kier molecular flexibility index (Phi) is 8.48. The number of unbranched alkanes of at least 4 members (excludes halogenated alkanes) is 2. The number of carbonyl (C=O) groups excluding carboxylic acids is 1. The van der Waals surface area contributed by atoms with Crippen molar-refractivity contribution in [1.82, 2.24) is 16.2 Å². The average molecular weight is 354 g/mol. The predicted molar refractivity (Wildman–Crippen MR) is 95.0 cm³/mol. The van der Waals surface area contributed by atoms with E-state index < -0.39 is 10.8 Å². The normalized spacial score (nSPS) is 9.92. The molecule has 0 radical (unpaired) electrons. The van der Waals surface area contributed by atoms with Gasteiger partial charge in [0.1, 0.15) is 0 Å². The van der Waals surface area contributed by atoms with Gasteiger partial charge in [0.15, 0.2) is 10.9 Å². The molecule has 1 amide bonds. The van der Waals surface area contributed by atoms with Gasteiger partial charge in [-0.3, -0.25) is 25.8 Å². The summed E-state index contributed by atoms with van der Waals surface area (Å²) in [5.74, 6) is -0.404. The minimum absolute atomic E-state index is 0.125. The van der Waals surface area contributed by atoms with Crippen LogP contribution in [-0.2, 0) is 0 Å². The molecule has 0 aromatic heterocycles. The molecule has 0 spiro atoms. The molecule has 0 aliphatic carbocycles. The Hall–Kier alpha value is -2.42. The van der Waals surface area contributed by atoms with E-state index in [-0.39, 0.29) is 17.0 Å². The van der Waals surface area contributed by atoms with Gasteiger partial charge in [-0.05, 0) is 37.7 Å². The summed E-state index contributed by atoms with van der Waals surface area (Å²) < 4.78 is 5.18. The standard InChI is InChI=1S/C15H22N4O4S/c1-3-5-6-9-16-15(24)18-17-14(20)11-7-8-13(23-4-2)12(10-11)19(21)22/h7-8,10H,3-6,9H2,1-2H3,(H,17,20)(H2,16,18,24). The molecule has 0 unspecified atom stereocenters. The maximum Gasteiger partial charge on any atom is 0.311 e. The monoisotopic (exact) mass is 354 g/mol. The SMILES string of the molecule is CCCCCNC(=S)NNC(=O)c1ccc(OCC)c([N+](=O)[O-])c1. The number of ether oxygens (including phenoxy) is 1. The van der Waals surface area contributed by atoms with Crippen LogP contribution in [-0.4, -0.2) is 29.1 Å². The van der Waals surface area contributed by atoms with Gasteiger partial charge >= 0.3 is 5.69 Å². The Morgan fingerprint density at radius 3 is 2.67 bits per heavy atom. The fraction of sp³-hybridized carbons (Fsp3) is 0.467. The highest BCUT2D eigenvalue weighted by Crippen LogP contribution is 2.27. The van der Waals surface area contributed by atoms with Crippen LogP contribution < -0.4 is 20.9 Å². The minimum atomic E-state index is -0.588. The van der Waals surface area contributed by atoms with Crippen LogP contribution in [0, 0.1) is 10.1 Å². The van der Waals surface area contributed by atoms with Gasteiger partial charge in [0.05, 0.1) is 11.5 Å². The number of hydrogen-bond acceptors (Lipinski definition) is 5. The molecule has 3 N–H and O–H groups in total. The van der Waals surface area contributed by atoms with Crippen LogP contribution in [0.4, 0.5) is 5.69 Å². The minimum Gasteiger partial charge on any atom is -0.487 e. The van der Waals surface area contributed by atoms with Crippen molar-refractivity contribution in [2.75, 3.05) is 13.2 Å². The molecule has 0 saturated heterocycles. The number of nitrogens with one attached hydrogen (secondary N) is 3. The molecular formula is C15H22N4O4S. The van der Waals surface area contributed by atoms with Gasteiger partial charge in [-0.15, -0.1) is 0 Å². The van der Waals surface area contributed by atoms with Crippen LogP contribution in [0.5, 0.6) is 5.75 Å². The number of carbonyl (C=O) groups is 1. The lowest BCUT2D eigenvalue weighted by Gasteiger charge is -2.12. The summed E-state index contributed by atoms with van der Waals surface area (Å²) in [6.07, 6.45) is 3.18. The van der Waals surface area contributed by atoms with Crippen molar-refractivity contribution >= 4 is 28.9 Å². The summed E-state index contributed by atoms with van der Waals surface area (Å²) in [4.78, 5) is 22.5. The average Bonchev–Trinajstić information content (AvgIpc) is 2.57. The lowest BCUT2D eigenvalue weighted by molar-refractivity contribution is -0.385. The van der Waals surface area contributed by atoms with Crippen LogP contribution in [0.25, 0.3) is 0 Å². The first kappa shape index (κ1) is 19.6. The zero-order chi connectivity index (χ0) is 17.9. The lowest BCUT2D eigenvalue weighted by Crippen LogP contribution is -2.46. The largest absolute Gasteiger partial charge is 0.487 e. The number of hydrogen-bond donors (Lipinski definition) is 3. The van der Waals surface area contributed by atoms with Crippen LogP contribution in [0.1, 0.15) is 43.5 Å². The third-order valence-corrected chi connectivity index (χ3v) is 3.32. The van der Waals surface area contributed by atoms with E-state index in [1.54, 1.807) is 6.92 Å². The summed E-state index contributed by atoms with van der Waals surface area (Å²) >= 11 is 5.03. The Morgan fingerprint density at radius 1 is 1.29 bits per heavy atom. The second-order valence-electron chi connectivity index (χ2n) is 4.91. The topological polar surface area (TPSA) is 106 Å². The molecule has 9 heteroatoms. The van der Waals surface area contributed by atoms with E-state index in [1.807, 2.05) is 0 Å². The first-order valence-electron chi connectivity index (χ1n) is 7.75. The van der Waals surface area contributed by atoms with Gasteiger partial charge < -0.3 is 10.1 Å². The number of thiocarbonyl (C=S) groups is 1. The Morgan fingerprint density at radius 2 is 2.04 bits per heavy atom. The molecule has 1 aromatic rings. The van der Waals surface area contributed by atoms with Crippen LogP contribution in [0.3, 0.4) is 0 Å². The van der Waals surface area contributed by atoms with Crippen molar-refractivity contribution in [3.63, 3.8) is 0 Å². The smallest absolute Gasteiger partial charge is 0.311 e. The second-order valence-corrected chi connectivity index (χ2v) is 5.32. The van der Waals surface area contributed by atoms with Crippen molar-refractivity contribution < 1.29 is 14.5 Å². The second kappa shape index (κ2) is 10.4. The number of hydrazine groups is 1. The maximum atomic E-state index is 12.0. The molecule has 0 saturated carbocycles. The molecule has 0 aliphatic rings. The third kappa shape index (κ3) is 6.37. The van der Waals surface area contributed by atoms with E-state index in [0.29, 0.717) is 18.3 Å². The predicted octanol–water partition coefficient (Wildman–Crippen LogP) is 2.29. The quantitative estimate of drug-likeness (QED) is 0.285. The number of nitro groups is 1. The molecule has 0 heterocycles. The van der Waals surface area contributed by atoms with E-state index >= 15 is 0 Å². The third-order valence-electron chi connectivity index (χ3n) is 3.07. The zero-order valence-corrected chi connectivity index (χ0v) is 14.6. The van der Waals surface area contributed by atoms with Gasteiger partial charge in [0, 0.05) is 18.2 Å². The van der Waals surface area contributed by atoms with Gasteiger partial charge in [-0.25, -0.2) is 0 Å². The molecule has 0 aliphatic heterocycles. The molecule has 0 atom stereocenters. The van der Waals surface area contributed by atoms with Gasteiger partial charge in [0.25, 0.3) is 5.91 Å². The maximum absolute atomic E-state index is 12.0. The lowest BCUT2D eigenvalue weighted by atomic mass is 10.2. The molecular weight excluding hydrogens is 332 g/mol. The van der Waals surface area contributed by atoms with E-state index in [0.717, 1.165) is 19.3 Å². The van der Waals surface area contributed by atoms with Crippen molar-refractivity contribution in [3.05, 3.63) is 33.9 Å². The van der Waals surface area contributed by atoms with Crippen LogP contribution in [0.2, 0.25) is 0 Å². The summed E-state index contributed by atoms with van der Waals surface area (Å²) in [7, 11) is 0. The van der Waals surface area contributed by atoms with Crippen molar-refractivity contribution in [3.8, 4) is 5.75 Å². The number of nitrogens with zero attached hydrogens (tertiary/aromatic N) is 1. The van der Waals surface area contributed by atoms with E-state index in [9.17, 15) is 14.9 Å². The Bertz CT molecular complexity index is 595. The van der Waals surface area contributed by atoms with Crippen LogP contribution in [0.15, 0.2) is 18.2 Å². The number of nitro benzene ring substituents is 1. The fourth-order valence-electron chi connectivity index (χ4n) is 1.89. The molecule has 0 bridgehead atoms. The summed E-state index contributed by atoms with van der Waals surface area (Å²) in [5, 5.41) is 14.3. The molecule has 0 fully saturated rings. The van der Waals surface area contributed by atoms with Gasteiger partial charge in [-0.2, -0.15) is 0 Å². The highest BCUT2D eigenvalue weighted by Gasteiger charge is 2.18. The Labute approximate surface area is 146 Å². The van der Waals surface area contributed by atoms with Gasteiger partial charge in [0.2, 0.25) is 0 Å². The highest BCUT2D eigenvalue weighted by atomic mass is 32.1. The fourth-order valence-corrected chi connectivity index (χ4v) is 2.04. The first-order valence-corrected chi connectivity index (χ1v) is 8.15. The highest BCUT2D eigenvalue weighted by molar-refractivity contribution is 7.80. The molecule has 8 nitrogen and oxygen atoms in total. The molecule has 24 heavy (non-hydrogen) atoms. The zero-order valence-electron chi connectivity index (χ0n) is 13.8. The van der Waals surface area contributed by atoms with Gasteiger partial charge in [-0.1, -0.05) is 19.8 Å². The summed E-state index contributed by atoms with van der Waals surface area (Å²) in [5.41, 5.74) is 4.84. The first-order chi connectivity index (χ1) is 11.5. The molecule has 1 aromatic carbocycles. The van der Waals surface area contributed by atoms with E-state index in [1.165, 1.54) is 18.2 Å².